The number of nitrogens with zero attached hydrogens (tertiary/aromatic N) is 6. The van der Waals surface area contributed by atoms with Crippen LogP contribution in [0.2, 0.25) is 5.28 Å². The fourth-order valence-electron chi connectivity index (χ4n) is 1.90. The summed E-state index contributed by atoms with van der Waals surface area (Å²) >= 11 is 7.28. The quantitative estimate of drug-likeness (QED) is 0.447. The maximum Gasteiger partial charge on any atom is 0.229 e. The van der Waals surface area contributed by atoms with Gasteiger partial charge in [-0.25, -0.2) is 0 Å². The Bertz CT molecular complexity index is 729. The molecule has 12 heteroatoms. The van der Waals surface area contributed by atoms with Gasteiger partial charge in [0.1, 0.15) is 0 Å². The molecule has 10 nitrogen and oxygen atoms in total. The van der Waals surface area contributed by atoms with Crippen LogP contribution in [-0.2, 0) is 0 Å². The van der Waals surface area contributed by atoms with Crippen molar-refractivity contribution < 1.29 is 0 Å². The lowest BCUT2D eigenvalue weighted by atomic mass is 10.1. The topological polar surface area (TPSA) is 125 Å². The molecular weight excluding hydrogens is 412 g/mol. The molecule has 0 spiro atoms. The van der Waals surface area contributed by atoms with Crippen LogP contribution < -0.4 is 21.3 Å². The Morgan fingerprint density at radius 1 is 0.724 bits per heavy atom. The van der Waals surface area contributed by atoms with Gasteiger partial charge in [-0.2, -0.15) is 29.9 Å². The van der Waals surface area contributed by atoms with Crippen molar-refractivity contribution in [1.82, 2.24) is 29.9 Å². The Balaban J connectivity index is 0.000000291. The molecule has 0 aliphatic carbocycles. The molecule has 0 atom stereocenters. The first-order chi connectivity index (χ1) is 13.7. The maximum absolute atomic E-state index is 5.77. The summed E-state index contributed by atoms with van der Waals surface area (Å²) in [5.74, 6) is 2.23. The van der Waals surface area contributed by atoms with E-state index in [1.54, 1.807) is 0 Å². The Morgan fingerprint density at radius 3 is 1.55 bits per heavy atom. The van der Waals surface area contributed by atoms with E-state index in [0.29, 0.717) is 23.8 Å². The SMILES string of the molecule is CCNc1nc(Cl)nc(NC(C)(C)C)n1.CCNc1nc(NCC)nc(SC)n1. The van der Waals surface area contributed by atoms with E-state index in [1.165, 1.54) is 11.8 Å². The standard InChI is InChI=1S/C9H16ClN5.C8H15N5S/c1-5-11-7-12-6(10)13-8(14-7)15-9(2,3)4;1-4-9-6-11-7(10-5-2)13-8(12-6)14-3/h5H2,1-4H3,(H2,11,12,13,14,15);4-5H2,1-3H3,(H2,9,10,11,12,13). The summed E-state index contributed by atoms with van der Waals surface area (Å²) in [6.07, 6.45) is 1.95. The Hall–Kier alpha value is -2.14. The molecule has 0 aromatic carbocycles. The summed E-state index contributed by atoms with van der Waals surface area (Å²) in [7, 11) is 0. The van der Waals surface area contributed by atoms with E-state index in [2.05, 4.69) is 51.2 Å². The normalized spacial score (nSPS) is 10.6. The van der Waals surface area contributed by atoms with Crippen molar-refractivity contribution in [2.24, 2.45) is 0 Å². The molecule has 0 unspecified atom stereocenters. The van der Waals surface area contributed by atoms with Gasteiger partial charge in [0.15, 0.2) is 5.16 Å². The number of hydrogen-bond donors (Lipinski definition) is 4. The molecule has 0 aliphatic heterocycles. The molecule has 2 aromatic rings. The molecule has 2 aromatic heterocycles. The third-order valence-electron chi connectivity index (χ3n) is 2.90. The van der Waals surface area contributed by atoms with Gasteiger partial charge in [0.05, 0.1) is 0 Å². The van der Waals surface area contributed by atoms with E-state index in [1.807, 2.05) is 47.8 Å². The van der Waals surface area contributed by atoms with Gasteiger partial charge in [-0.15, -0.1) is 0 Å². The summed E-state index contributed by atoms with van der Waals surface area (Å²) in [5, 5.41) is 13.2. The van der Waals surface area contributed by atoms with Crippen molar-refractivity contribution in [3.05, 3.63) is 5.28 Å². The minimum Gasteiger partial charge on any atom is -0.354 e. The van der Waals surface area contributed by atoms with Crippen molar-refractivity contribution in [1.29, 1.82) is 0 Å². The van der Waals surface area contributed by atoms with E-state index in [4.69, 9.17) is 11.6 Å². The predicted molar refractivity (Wildman–Crippen MR) is 122 cm³/mol. The highest BCUT2D eigenvalue weighted by Crippen LogP contribution is 2.14. The van der Waals surface area contributed by atoms with Crippen LogP contribution in [0.5, 0.6) is 0 Å². The molecule has 2 rings (SSSR count). The summed E-state index contributed by atoms with van der Waals surface area (Å²) in [5.41, 5.74) is -0.103. The zero-order valence-corrected chi connectivity index (χ0v) is 19.7. The van der Waals surface area contributed by atoms with Gasteiger partial charge >= 0.3 is 0 Å². The molecule has 2 heterocycles. The van der Waals surface area contributed by atoms with E-state index in [9.17, 15) is 0 Å². The second kappa shape index (κ2) is 12.4. The number of thioether (sulfide) groups is 1. The molecule has 0 saturated heterocycles. The molecule has 162 valence electrons. The van der Waals surface area contributed by atoms with Gasteiger partial charge in [-0.3, -0.25) is 0 Å². The van der Waals surface area contributed by atoms with Gasteiger partial charge < -0.3 is 21.3 Å². The van der Waals surface area contributed by atoms with Crippen LogP contribution in [0.15, 0.2) is 5.16 Å². The van der Waals surface area contributed by atoms with Crippen LogP contribution in [0.1, 0.15) is 41.5 Å². The minimum atomic E-state index is -0.103. The average molecular weight is 443 g/mol. The summed E-state index contributed by atoms with van der Waals surface area (Å²) < 4.78 is 0. The van der Waals surface area contributed by atoms with Gasteiger partial charge in [0.25, 0.3) is 0 Å². The molecule has 0 fully saturated rings. The van der Waals surface area contributed by atoms with Crippen molar-refractivity contribution in [3.63, 3.8) is 0 Å². The second-order valence-corrected chi connectivity index (χ2v) is 7.80. The van der Waals surface area contributed by atoms with E-state index in [0.717, 1.165) is 24.8 Å². The zero-order chi connectivity index (χ0) is 21.9. The first-order valence-electron chi connectivity index (χ1n) is 9.42. The third kappa shape index (κ3) is 10.3. The van der Waals surface area contributed by atoms with Crippen LogP contribution in [0.3, 0.4) is 0 Å². The lowest BCUT2D eigenvalue weighted by Gasteiger charge is -2.20. The highest BCUT2D eigenvalue weighted by atomic mass is 35.5. The van der Waals surface area contributed by atoms with Crippen LogP contribution in [0.25, 0.3) is 0 Å². The largest absolute Gasteiger partial charge is 0.354 e. The lowest BCUT2D eigenvalue weighted by Crippen LogP contribution is -2.27. The third-order valence-corrected chi connectivity index (χ3v) is 3.61. The average Bonchev–Trinajstić information content (AvgIpc) is 2.61. The number of rotatable bonds is 8. The van der Waals surface area contributed by atoms with Crippen molar-refractivity contribution in [2.45, 2.75) is 52.2 Å². The van der Waals surface area contributed by atoms with Crippen molar-refractivity contribution >= 4 is 47.2 Å². The zero-order valence-electron chi connectivity index (χ0n) is 18.1. The first kappa shape index (κ1) is 24.9. The Labute approximate surface area is 181 Å². The molecule has 0 aliphatic rings. The van der Waals surface area contributed by atoms with Gasteiger partial charge in [-0.05, 0) is 59.4 Å². The first-order valence-corrected chi connectivity index (χ1v) is 11.0. The fourth-order valence-corrected chi connectivity index (χ4v) is 2.42. The lowest BCUT2D eigenvalue weighted by molar-refractivity contribution is 0.625. The summed E-state index contributed by atoms with van der Waals surface area (Å²) in [4.78, 5) is 24.7. The fraction of sp³-hybridized carbons (Fsp3) is 0.647. The predicted octanol–water partition coefficient (Wildman–Crippen LogP) is 3.62. The second-order valence-electron chi connectivity index (χ2n) is 6.69. The molecule has 0 amide bonds. The molecule has 29 heavy (non-hydrogen) atoms. The molecular formula is C17H31ClN10S. The minimum absolute atomic E-state index is 0.103. The van der Waals surface area contributed by atoms with Crippen LogP contribution in [0, 0.1) is 0 Å². The van der Waals surface area contributed by atoms with E-state index >= 15 is 0 Å². The molecule has 4 N–H and O–H groups in total. The Kier molecular flexibility index (Phi) is 10.7. The van der Waals surface area contributed by atoms with E-state index in [-0.39, 0.29) is 10.8 Å². The van der Waals surface area contributed by atoms with Gasteiger partial charge in [0, 0.05) is 25.2 Å². The number of halogens is 1. The molecule has 0 radical (unpaired) electrons. The van der Waals surface area contributed by atoms with Gasteiger partial charge in [-0.1, -0.05) is 11.8 Å². The molecule has 0 saturated carbocycles. The number of aromatic nitrogens is 6. The summed E-state index contributed by atoms with van der Waals surface area (Å²) in [6, 6.07) is 0. The number of anilines is 4. The van der Waals surface area contributed by atoms with Crippen molar-refractivity contribution in [2.75, 3.05) is 47.2 Å². The van der Waals surface area contributed by atoms with Crippen LogP contribution in [0.4, 0.5) is 23.8 Å². The number of hydrogen-bond acceptors (Lipinski definition) is 11. The smallest absolute Gasteiger partial charge is 0.229 e. The van der Waals surface area contributed by atoms with Crippen molar-refractivity contribution in [3.8, 4) is 0 Å². The maximum atomic E-state index is 5.77. The number of nitrogens with one attached hydrogen (secondary N) is 4. The highest BCUT2D eigenvalue weighted by molar-refractivity contribution is 7.98. The van der Waals surface area contributed by atoms with Crippen LogP contribution in [-0.4, -0.2) is 61.3 Å². The Morgan fingerprint density at radius 2 is 1.14 bits per heavy atom. The highest BCUT2D eigenvalue weighted by Gasteiger charge is 2.13. The monoisotopic (exact) mass is 442 g/mol. The molecule has 0 bridgehead atoms. The van der Waals surface area contributed by atoms with E-state index < -0.39 is 0 Å². The summed E-state index contributed by atoms with van der Waals surface area (Å²) in [6.45, 7) is 14.4. The van der Waals surface area contributed by atoms with Gasteiger partial charge in [0.2, 0.25) is 29.1 Å². The van der Waals surface area contributed by atoms with Crippen LogP contribution >= 0.6 is 23.4 Å².